The Morgan fingerprint density at radius 2 is 1.59 bits per heavy atom. The molecule has 4 bridgehead atoms. The van der Waals surface area contributed by atoms with Crippen LogP contribution in [0.3, 0.4) is 0 Å². The second kappa shape index (κ2) is 5.21. The molecule has 0 radical (unpaired) electrons. The molecule has 4 fully saturated rings. The first-order valence-electron chi connectivity index (χ1n) is 7.57. The molecule has 1 N–H and O–H groups in total. The quantitative estimate of drug-likeness (QED) is 0.752. The molecule has 0 spiro atoms. The van der Waals surface area contributed by atoms with E-state index in [2.05, 4.69) is 4.74 Å². The van der Waals surface area contributed by atoms with Gasteiger partial charge in [0, 0.05) is 5.41 Å². The normalized spacial score (nSPS) is 37.5. The van der Waals surface area contributed by atoms with Crippen LogP contribution in [0, 0.1) is 23.2 Å². The van der Waals surface area contributed by atoms with Gasteiger partial charge in [0.25, 0.3) is 0 Å². The Balaban J connectivity index is 1.59. The largest absolute Gasteiger partial charge is 0.392 e. The zero-order valence-corrected chi connectivity index (χ0v) is 12.9. The molecule has 4 aliphatic carbocycles. The van der Waals surface area contributed by atoms with Crippen molar-refractivity contribution in [2.24, 2.45) is 23.2 Å². The van der Waals surface area contributed by atoms with Crippen LogP contribution in [0.5, 0.6) is 0 Å². The zero-order valence-electron chi connectivity index (χ0n) is 12.1. The van der Waals surface area contributed by atoms with E-state index in [1.54, 1.807) is 0 Å². The summed E-state index contributed by atoms with van der Waals surface area (Å²) in [6, 6.07) is 0. The maximum absolute atomic E-state index is 13.1. The highest BCUT2D eigenvalue weighted by molar-refractivity contribution is 7.86. The van der Waals surface area contributed by atoms with Gasteiger partial charge in [-0.05, 0) is 56.3 Å². The highest BCUT2D eigenvalue weighted by Gasteiger charge is 2.54. The first-order chi connectivity index (χ1) is 10.1. The van der Waals surface area contributed by atoms with Crippen LogP contribution in [-0.2, 0) is 19.6 Å². The summed E-state index contributed by atoms with van der Waals surface area (Å²) in [6.45, 7) is -2.01. The summed E-state index contributed by atoms with van der Waals surface area (Å²) in [7, 11) is -5.51. The maximum atomic E-state index is 13.1. The second-order valence-electron chi connectivity index (χ2n) is 7.23. The molecule has 0 atom stereocenters. The lowest BCUT2D eigenvalue weighted by atomic mass is 9.48. The summed E-state index contributed by atoms with van der Waals surface area (Å²) < 4.78 is 60.2. The fourth-order valence-electron chi connectivity index (χ4n) is 4.94. The van der Waals surface area contributed by atoms with Gasteiger partial charge in [0.1, 0.15) is 13.2 Å². The van der Waals surface area contributed by atoms with E-state index in [4.69, 9.17) is 4.55 Å². The molecule has 0 aliphatic heterocycles. The topological polar surface area (TPSA) is 80.7 Å². The minimum atomic E-state index is -5.51. The van der Waals surface area contributed by atoms with E-state index in [9.17, 15) is 22.0 Å². The molecule has 126 valence electrons. The lowest BCUT2D eigenvalue weighted by Gasteiger charge is -2.55. The molecule has 0 unspecified atom stereocenters. The first kappa shape index (κ1) is 16.3. The Kier molecular flexibility index (Phi) is 3.85. The first-order valence-corrected chi connectivity index (χ1v) is 9.01. The van der Waals surface area contributed by atoms with E-state index >= 15 is 0 Å². The van der Waals surface area contributed by atoms with Crippen molar-refractivity contribution in [2.45, 2.75) is 43.8 Å². The zero-order chi connectivity index (χ0) is 16.2. The van der Waals surface area contributed by atoms with Crippen molar-refractivity contribution in [3.8, 4) is 0 Å². The Labute approximate surface area is 128 Å². The van der Waals surface area contributed by atoms with Crippen LogP contribution >= 0.6 is 0 Å². The molecule has 5 nitrogen and oxygen atoms in total. The van der Waals surface area contributed by atoms with E-state index < -0.39 is 34.0 Å². The Hall–Kier alpha value is -0.600. The molecule has 0 aromatic rings. The molecular weight excluding hydrogens is 318 g/mol. The predicted octanol–water partition coefficient (Wildman–Crippen LogP) is 2.27. The summed E-state index contributed by atoms with van der Waals surface area (Å²) >= 11 is 0. The van der Waals surface area contributed by atoms with Crippen LogP contribution in [0.25, 0.3) is 0 Å². The van der Waals surface area contributed by atoms with Crippen LogP contribution in [-0.4, -0.2) is 37.2 Å². The molecular formula is C14H20F2O5S. The predicted molar refractivity (Wildman–Crippen MR) is 72.9 cm³/mol. The average molecular weight is 338 g/mol. The van der Waals surface area contributed by atoms with Gasteiger partial charge in [0.2, 0.25) is 0 Å². The van der Waals surface area contributed by atoms with Crippen molar-refractivity contribution in [2.75, 3.05) is 13.2 Å². The fraction of sp³-hybridized carbons (Fsp3) is 0.929. The molecule has 4 aliphatic rings. The highest BCUT2D eigenvalue weighted by atomic mass is 32.2. The molecule has 0 aromatic carbocycles. The van der Waals surface area contributed by atoms with Crippen LogP contribution in [0.1, 0.15) is 38.5 Å². The third kappa shape index (κ3) is 2.80. The van der Waals surface area contributed by atoms with Crippen molar-refractivity contribution in [1.82, 2.24) is 0 Å². The van der Waals surface area contributed by atoms with Crippen molar-refractivity contribution < 1.29 is 31.3 Å². The number of carbonyl (C=O) groups excluding carboxylic acids is 1. The van der Waals surface area contributed by atoms with Gasteiger partial charge in [0.05, 0.1) is 0 Å². The smallest absolute Gasteiger partial charge is 0.366 e. The Morgan fingerprint density at radius 1 is 1.14 bits per heavy atom. The summed E-state index contributed by atoms with van der Waals surface area (Å²) in [5.41, 5.74) is -0.456. The fourth-order valence-corrected chi connectivity index (χ4v) is 5.17. The van der Waals surface area contributed by atoms with E-state index in [-0.39, 0.29) is 5.78 Å². The van der Waals surface area contributed by atoms with Crippen LogP contribution in [0.2, 0.25) is 0 Å². The average Bonchev–Trinajstić information content (AvgIpc) is 2.35. The molecule has 0 heterocycles. The van der Waals surface area contributed by atoms with Crippen molar-refractivity contribution >= 4 is 15.9 Å². The SMILES string of the molecule is O=C(COCC(F)(F)S(=O)(=O)O)C12CC3CC(CC(C3)C1)C2. The standard InChI is InChI=1S/C14H20F2O5S/c15-14(16,22(18,19)20)8-21-7-12(17)13-4-9-1-10(5-13)3-11(2-9)6-13/h9-11H,1-8H2,(H,18,19,20). The second-order valence-corrected chi connectivity index (χ2v) is 8.77. The molecule has 0 amide bonds. The van der Waals surface area contributed by atoms with Crippen molar-refractivity contribution in [1.29, 1.82) is 0 Å². The minimum absolute atomic E-state index is 0.197. The number of halogens is 2. The molecule has 0 aromatic heterocycles. The van der Waals surface area contributed by atoms with Crippen molar-refractivity contribution in [3.05, 3.63) is 0 Å². The van der Waals surface area contributed by atoms with E-state index in [0.29, 0.717) is 17.8 Å². The van der Waals surface area contributed by atoms with Gasteiger partial charge in [-0.15, -0.1) is 0 Å². The monoisotopic (exact) mass is 338 g/mol. The van der Waals surface area contributed by atoms with Crippen LogP contribution < -0.4 is 0 Å². The van der Waals surface area contributed by atoms with Gasteiger partial charge < -0.3 is 4.74 Å². The number of hydrogen-bond donors (Lipinski definition) is 1. The molecule has 4 saturated carbocycles. The molecule has 4 rings (SSSR count). The Morgan fingerprint density at radius 3 is 2.00 bits per heavy atom. The van der Waals surface area contributed by atoms with Gasteiger partial charge in [-0.1, -0.05) is 0 Å². The number of carbonyl (C=O) groups is 1. The van der Waals surface area contributed by atoms with Gasteiger partial charge in [-0.2, -0.15) is 17.2 Å². The third-order valence-electron chi connectivity index (χ3n) is 5.51. The minimum Gasteiger partial charge on any atom is -0.366 e. The lowest BCUT2D eigenvalue weighted by Crippen LogP contribution is -2.51. The van der Waals surface area contributed by atoms with Crippen LogP contribution in [0.4, 0.5) is 8.78 Å². The van der Waals surface area contributed by atoms with Crippen LogP contribution in [0.15, 0.2) is 0 Å². The summed E-state index contributed by atoms with van der Waals surface area (Å²) in [5, 5.41) is -4.38. The molecule has 8 heteroatoms. The number of alkyl halides is 2. The maximum Gasteiger partial charge on any atom is 0.392 e. The summed E-state index contributed by atoms with van der Waals surface area (Å²) in [6.07, 6.45) is 5.89. The third-order valence-corrected chi connectivity index (χ3v) is 6.38. The van der Waals surface area contributed by atoms with Gasteiger partial charge in [-0.3, -0.25) is 9.35 Å². The Bertz CT molecular complexity index is 536. The van der Waals surface area contributed by atoms with Crippen molar-refractivity contribution in [3.63, 3.8) is 0 Å². The van der Waals surface area contributed by atoms with E-state index in [0.717, 1.165) is 38.5 Å². The number of ether oxygens (including phenoxy) is 1. The van der Waals surface area contributed by atoms with E-state index in [1.807, 2.05) is 0 Å². The molecule has 22 heavy (non-hydrogen) atoms. The number of rotatable bonds is 6. The molecule has 0 saturated heterocycles. The number of Topliss-reactive ketones (excluding diaryl/α,β-unsaturated/α-hetero) is 1. The van der Waals surface area contributed by atoms with E-state index in [1.165, 1.54) is 0 Å². The van der Waals surface area contributed by atoms with Gasteiger partial charge >= 0.3 is 15.4 Å². The number of ketones is 1. The lowest BCUT2D eigenvalue weighted by molar-refractivity contribution is -0.150. The summed E-state index contributed by atoms with van der Waals surface area (Å²) in [4.78, 5) is 12.5. The van der Waals surface area contributed by atoms with Gasteiger partial charge in [-0.25, -0.2) is 0 Å². The summed E-state index contributed by atoms with van der Waals surface area (Å²) in [5.74, 6) is 1.45. The number of hydrogen-bond acceptors (Lipinski definition) is 4. The highest BCUT2D eigenvalue weighted by Crippen LogP contribution is 2.60. The van der Waals surface area contributed by atoms with Gasteiger partial charge in [0.15, 0.2) is 5.78 Å².